The van der Waals surface area contributed by atoms with Gasteiger partial charge >= 0.3 is 0 Å². The molecule has 0 aromatic rings. The van der Waals surface area contributed by atoms with Gasteiger partial charge in [0.2, 0.25) is 0 Å². The van der Waals surface area contributed by atoms with E-state index in [2.05, 4.69) is 33.8 Å². The van der Waals surface area contributed by atoms with Crippen molar-refractivity contribution in [2.75, 3.05) is 0 Å². The molecule has 0 spiro atoms. The summed E-state index contributed by atoms with van der Waals surface area (Å²) in [5.74, 6) is 0.768. The second-order valence-electron chi connectivity index (χ2n) is 4.47. The molecule has 0 radical (unpaired) electrons. The topological polar surface area (TPSA) is 23.8 Å². The number of nitrogens with zero attached hydrogens (tertiary/aromatic N) is 1. The predicted molar refractivity (Wildman–Crippen MR) is 57.3 cm³/mol. The van der Waals surface area contributed by atoms with Crippen molar-refractivity contribution in [2.45, 2.75) is 59.8 Å². The van der Waals surface area contributed by atoms with Crippen LogP contribution in [0.3, 0.4) is 0 Å². The number of hydrogen-bond acceptors (Lipinski definition) is 1. The van der Waals surface area contributed by atoms with Crippen molar-refractivity contribution in [3.63, 3.8) is 0 Å². The maximum absolute atomic E-state index is 9.05. The molecule has 0 aliphatic heterocycles. The van der Waals surface area contributed by atoms with E-state index in [1.54, 1.807) is 0 Å². The second kappa shape index (κ2) is 6.02. The van der Waals surface area contributed by atoms with E-state index in [-0.39, 0.29) is 5.41 Å². The molecule has 1 nitrogen and oxygen atoms in total. The highest BCUT2D eigenvalue weighted by Crippen LogP contribution is 2.30. The minimum Gasteiger partial charge on any atom is -0.198 e. The van der Waals surface area contributed by atoms with Crippen molar-refractivity contribution >= 4 is 0 Å². The molecule has 2 atom stereocenters. The van der Waals surface area contributed by atoms with Crippen LogP contribution in [-0.4, -0.2) is 0 Å². The third-order valence-corrected chi connectivity index (χ3v) is 2.96. The van der Waals surface area contributed by atoms with Crippen LogP contribution in [0.25, 0.3) is 0 Å². The maximum Gasteiger partial charge on any atom is 0.0686 e. The Labute approximate surface area is 83.1 Å². The molecule has 76 valence electrons. The average Bonchev–Trinajstić information content (AvgIpc) is 2.15. The lowest BCUT2D eigenvalue weighted by Crippen LogP contribution is -2.14. The van der Waals surface area contributed by atoms with E-state index in [0.29, 0.717) is 0 Å². The van der Waals surface area contributed by atoms with Gasteiger partial charge in [-0.25, -0.2) is 0 Å². The van der Waals surface area contributed by atoms with Crippen LogP contribution in [0, 0.1) is 22.7 Å². The summed E-state index contributed by atoms with van der Waals surface area (Å²) in [6.07, 6.45) is 5.64. The van der Waals surface area contributed by atoms with Gasteiger partial charge in [-0.2, -0.15) is 5.26 Å². The molecule has 0 saturated heterocycles. The molecule has 0 N–H and O–H groups in total. The summed E-state index contributed by atoms with van der Waals surface area (Å²) >= 11 is 0. The van der Waals surface area contributed by atoms with Crippen molar-refractivity contribution in [3.05, 3.63) is 0 Å². The van der Waals surface area contributed by atoms with E-state index >= 15 is 0 Å². The summed E-state index contributed by atoms with van der Waals surface area (Å²) in [5.41, 5.74) is -0.0712. The van der Waals surface area contributed by atoms with Gasteiger partial charge in [-0.15, -0.1) is 0 Å². The van der Waals surface area contributed by atoms with Gasteiger partial charge < -0.3 is 0 Å². The summed E-state index contributed by atoms with van der Waals surface area (Å²) in [6, 6.07) is 2.46. The zero-order valence-corrected chi connectivity index (χ0v) is 9.56. The molecule has 0 saturated carbocycles. The number of hydrogen-bond donors (Lipinski definition) is 0. The van der Waals surface area contributed by atoms with Crippen LogP contribution in [-0.2, 0) is 0 Å². The molecule has 0 fully saturated rings. The quantitative estimate of drug-likeness (QED) is 0.604. The fraction of sp³-hybridized carbons (Fsp3) is 0.917. The van der Waals surface area contributed by atoms with Gasteiger partial charge in [0.25, 0.3) is 0 Å². The maximum atomic E-state index is 9.05. The smallest absolute Gasteiger partial charge is 0.0686 e. The molecule has 2 unspecified atom stereocenters. The summed E-state index contributed by atoms with van der Waals surface area (Å²) in [7, 11) is 0. The SMILES string of the molecule is CCCC(C)(C#N)CCC(C)CC. The van der Waals surface area contributed by atoms with Crippen molar-refractivity contribution < 1.29 is 0 Å². The van der Waals surface area contributed by atoms with Gasteiger partial charge in [-0.3, -0.25) is 0 Å². The zero-order valence-electron chi connectivity index (χ0n) is 9.56. The Hall–Kier alpha value is -0.510. The molecular weight excluding hydrogens is 158 g/mol. The molecule has 0 aromatic carbocycles. The van der Waals surface area contributed by atoms with Crippen LogP contribution in [0.5, 0.6) is 0 Å². The molecule has 0 rings (SSSR count). The molecule has 0 aliphatic rings. The highest BCUT2D eigenvalue weighted by molar-refractivity contribution is 4.95. The lowest BCUT2D eigenvalue weighted by Gasteiger charge is -2.22. The van der Waals surface area contributed by atoms with Crippen LogP contribution in [0.1, 0.15) is 59.8 Å². The van der Waals surface area contributed by atoms with Crippen LogP contribution >= 0.6 is 0 Å². The molecule has 13 heavy (non-hydrogen) atoms. The predicted octanol–water partition coefficient (Wildman–Crippen LogP) is 4.14. The van der Waals surface area contributed by atoms with E-state index in [9.17, 15) is 0 Å². The molecule has 0 heterocycles. The summed E-state index contributed by atoms with van der Waals surface area (Å²) in [4.78, 5) is 0. The zero-order chi connectivity index (χ0) is 10.3. The lowest BCUT2D eigenvalue weighted by atomic mass is 9.80. The van der Waals surface area contributed by atoms with Gasteiger partial charge in [0.1, 0.15) is 0 Å². The van der Waals surface area contributed by atoms with Crippen LogP contribution in [0.15, 0.2) is 0 Å². The Kier molecular flexibility index (Phi) is 5.79. The average molecular weight is 181 g/mol. The summed E-state index contributed by atoms with van der Waals surface area (Å²) in [5, 5.41) is 9.05. The van der Waals surface area contributed by atoms with Crippen LogP contribution in [0.4, 0.5) is 0 Å². The van der Waals surface area contributed by atoms with Gasteiger partial charge in [0.15, 0.2) is 0 Å². The van der Waals surface area contributed by atoms with Crippen molar-refractivity contribution in [2.24, 2.45) is 11.3 Å². The molecular formula is C12H23N. The van der Waals surface area contributed by atoms with Crippen molar-refractivity contribution in [1.82, 2.24) is 0 Å². The summed E-state index contributed by atoms with van der Waals surface area (Å²) in [6.45, 7) is 8.73. The monoisotopic (exact) mass is 181 g/mol. The summed E-state index contributed by atoms with van der Waals surface area (Å²) < 4.78 is 0. The van der Waals surface area contributed by atoms with Crippen LogP contribution in [0.2, 0.25) is 0 Å². The normalized spacial score (nSPS) is 17.5. The van der Waals surface area contributed by atoms with E-state index < -0.39 is 0 Å². The van der Waals surface area contributed by atoms with Crippen molar-refractivity contribution in [3.8, 4) is 6.07 Å². The highest BCUT2D eigenvalue weighted by Gasteiger charge is 2.22. The van der Waals surface area contributed by atoms with Crippen LogP contribution < -0.4 is 0 Å². The number of rotatable bonds is 6. The van der Waals surface area contributed by atoms with Gasteiger partial charge in [0.05, 0.1) is 11.5 Å². The Balaban J connectivity index is 3.92. The minimum atomic E-state index is -0.0712. The first-order valence-electron chi connectivity index (χ1n) is 5.49. The molecule has 0 amide bonds. The first kappa shape index (κ1) is 12.5. The Morgan fingerprint density at radius 2 is 1.92 bits per heavy atom. The van der Waals surface area contributed by atoms with Gasteiger partial charge in [-0.1, -0.05) is 33.6 Å². The molecule has 0 bridgehead atoms. The van der Waals surface area contributed by atoms with E-state index in [1.807, 2.05) is 0 Å². The fourth-order valence-corrected chi connectivity index (χ4v) is 1.56. The Bertz CT molecular complexity index is 168. The highest BCUT2D eigenvalue weighted by atomic mass is 14.3. The second-order valence-corrected chi connectivity index (χ2v) is 4.47. The molecule has 0 aromatic heterocycles. The van der Waals surface area contributed by atoms with E-state index in [0.717, 1.165) is 25.2 Å². The number of nitriles is 1. The van der Waals surface area contributed by atoms with E-state index in [1.165, 1.54) is 12.8 Å². The minimum absolute atomic E-state index is 0.0712. The first-order chi connectivity index (χ1) is 6.08. The fourth-order valence-electron chi connectivity index (χ4n) is 1.56. The third-order valence-electron chi connectivity index (χ3n) is 2.96. The van der Waals surface area contributed by atoms with Gasteiger partial charge in [-0.05, 0) is 32.1 Å². The van der Waals surface area contributed by atoms with Gasteiger partial charge in [0, 0.05) is 0 Å². The van der Waals surface area contributed by atoms with Crippen molar-refractivity contribution in [1.29, 1.82) is 5.26 Å². The Morgan fingerprint density at radius 1 is 1.31 bits per heavy atom. The standard InChI is InChI=1S/C12H23N/c1-5-8-12(4,10-13)9-7-11(3)6-2/h11H,5-9H2,1-4H3. The Morgan fingerprint density at radius 3 is 2.31 bits per heavy atom. The third kappa shape index (κ3) is 4.93. The largest absolute Gasteiger partial charge is 0.198 e. The first-order valence-corrected chi connectivity index (χ1v) is 5.49. The lowest BCUT2D eigenvalue weighted by molar-refractivity contribution is 0.324. The molecule has 0 aliphatic carbocycles. The molecule has 1 heteroatoms. The van der Waals surface area contributed by atoms with E-state index in [4.69, 9.17) is 5.26 Å².